The maximum absolute atomic E-state index is 10.1. The van der Waals surface area contributed by atoms with Crippen molar-refractivity contribution in [3.63, 3.8) is 0 Å². The maximum Gasteiger partial charge on any atom is 0.157 e. The van der Waals surface area contributed by atoms with E-state index in [4.69, 9.17) is 10.2 Å². The molecule has 0 heterocycles. The molecule has 0 saturated carbocycles. The van der Waals surface area contributed by atoms with Crippen molar-refractivity contribution < 1.29 is 15.0 Å². The molecule has 0 amide bonds. The molecule has 0 aromatic heterocycles. The van der Waals surface area contributed by atoms with Crippen LogP contribution in [-0.4, -0.2) is 16.5 Å². The van der Waals surface area contributed by atoms with Gasteiger partial charge in [-0.1, -0.05) is 49.1 Å². The molecular weight excluding hydrogens is 228 g/mol. The molecule has 0 aliphatic rings. The van der Waals surface area contributed by atoms with Crippen LogP contribution in [0, 0.1) is 0 Å². The van der Waals surface area contributed by atoms with Crippen LogP contribution in [-0.2, 0) is 0 Å². The van der Waals surface area contributed by atoms with E-state index in [-0.39, 0.29) is 17.1 Å². The number of carbonyl (C=O) groups excluding carboxylic acids is 1. The van der Waals surface area contributed by atoms with Gasteiger partial charge in [0.15, 0.2) is 6.29 Å². The van der Waals surface area contributed by atoms with E-state index in [0.717, 1.165) is 0 Å². The van der Waals surface area contributed by atoms with Crippen LogP contribution in [0.4, 0.5) is 0 Å². The molecule has 92 valence electrons. The average molecular weight is 242 g/mol. The van der Waals surface area contributed by atoms with Crippen LogP contribution in [0.2, 0.25) is 0 Å². The summed E-state index contributed by atoms with van der Waals surface area (Å²) in [7, 11) is 0. The number of aldehydes is 1. The highest BCUT2D eigenvalue weighted by atomic mass is 16.3. The Labute approximate surface area is 106 Å². The highest BCUT2D eigenvalue weighted by Crippen LogP contribution is 2.23. The summed E-state index contributed by atoms with van der Waals surface area (Å²) in [6.07, 6.45) is 2.24. The van der Waals surface area contributed by atoms with Gasteiger partial charge >= 0.3 is 0 Å². The first-order valence-corrected chi connectivity index (χ1v) is 5.32. The third-order valence-corrected chi connectivity index (χ3v) is 2.21. The summed E-state index contributed by atoms with van der Waals surface area (Å²) in [5.74, 6) is -0.398. The topological polar surface area (TPSA) is 57.5 Å². The predicted octanol–water partition coefficient (Wildman–Crippen LogP) is 3.24. The molecule has 2 aromatic carbocycles. The molecule has 0 aliphatic heterocycles. The van der Waals surface area contributed by atoms with Gasteiger partial charge in [-0.15, -0.1) is 0 Å². The minimum Gasteiger partial charge on any atom is -0.507 e. The third-order valence-electron chi connectivity index (χ3n) is 2.21. The Hall–Kier alpha value is -2.55. The van der Waals surface area contributed by atoms with Crippen molar-refractivity contribution in [1.29, 1.82) is 0 Å². The largest absolute Gasteiger partial charge is 0.507 e. The van der Waals surface area contributed by atoms with Crippen molar-refractivity contribution in [2.24, 2.45) is 0 Å². The Morgan fingerprint density at radius 3 is 1.78 bits per heavy atom. The van der Waals surface area contributed by atoms with Gasteiger partial charge < -0.3 is 10.2 Å². The lowest BCUT2D eigenvalue weighted by molar-refractivity contribution is 0.111. The van der Waals surface area contributed by atoms with Gasteiger partial charge in [0.1, 0.15) is 11.5 Å². The summed E-state index contributed by atoms with van der Waals surface area (Å²) in [6.45, 7) is 3.63. The van der Waals surface area contributed by atoms with E-state index in [2.05, 4.69) is 6.58 Å². The second kappa shape index (κ2) is 6.91. The number of hydrogen-bond acceptors (Lipinski definition) is 3. The van der Waals surface area contributed by atoms with Crippen LogP contribution >= 0.6 is 0 Å². The number of phenolic OH excluding ortho intramolecular Hbond substituents is 2. The van der Waals surface area contributed by atoms with E-state index in [1.54, 1.807) is 0 Å². The molecule has 0 aliphatic carbocycles. The van der Waals surface area contributed by atoms with Crippen LogP contribution in [0.25, 0.3) is 6.08 Å². The predicted molar refractivity (Wildman–Crippen MR) is 71.7 cm³/mol. The first-order chi connectivity index (χ1) is 8.69. The van der Waals surface area contributed by atoms with Gasteiger partial charge in [0, 0.05) is 0 Å². The van der Waals surface area contributed by atoms with E-state index in [1.807, 2.05) is 36.4 Å². The summed E-state index contributed by atoms with van der Waals surface area (Å²) in [4.78, 5) is 10.1. The average Bonchev–Trinajstić information content (AvgIpc) is 2.41. The van der Waals surface area contributed by atoms with Crippen LogP contribution in [0.1, 0.15) is 15.9 Å². The minimum absolute atomic E-state index is 0.0671. The van der Waals surface area contributed by atoms with Gasteiger partial charge in [0.2, 0.25) is 0 Å². The molecule has 2 aromatic rings. The molecule has 3 heteroatoms. The van der Waals surface area contributed by atoms with Crippen molar-refractivity contribution in [3.05, 3.63) is 66.2 Å². The summed E-state index contributed by atoms with van der Waals surface area (Å²) in [6, 6.07) is 14.2. The summed E-state index contributed by atoms with van der Waals surface area (Å²) < 4.78 is 0. The Bertz CT molecular complexity index is 498. The highest BCUT2D eigenvalue weighted by molar-refractivity contribution is 5.83. The fraction of sp³-hybridized carbons (Fsp3) is 0. The Morgan fingerprint density at radius 2 is 1.44 bits per heavy atom. The van der Waals surface area contributed by atoms with Gasteiger partial charge in [-0.05, 0) is 17.7 Å². The summed E-state index contributed by atoms with van der Waals surface area (Å²) in [5, 5.41) is 17.8. The zero-order valence-corrected chi connectivity index (χ0v) is 9.78. The second-order valence-electron chi connectivity index (χ2n) is 3.44. The van der Waals surface area contributed by atoms with Crippen molar-refractivity contribution in [2.75, 3.05) is 0 Å². The van der Waals surface area contributed by atoms with E-state index in [1.165, 1.54) is 23.8 Å². The highest BCUT2D eigenvalue weighted by Gasteiger charge is 2.02. The van der Waals surface area contributed by atoms with Crippen LogP contribution in [0.5, 0.6) is 11.5 Å². The number of rotatable bonds is 2. The Kier molecular flexibility index (Phi) is 5.19. The summed E-state index contributed by atoms with van der Waals surface area (Å²) >= 11 is 0. The van der Waals surface area contributed by atoms with Gasteiger partial charge in [0.25, 0.3) is 0 Å². The quantitative estimate of drug-likeness (QED) is 0.795. The van der Waals surface area contributed by atoms with Gasteiger partial charge in [-0.25, -0.2) is 0 Å². The number of carbonyl (C=O) groups is 1. The third kappa shape index (κ3) is 3.79. The first kappa shape index (κ1) is 13.5. The number of hydrogen-bond donors (Lipinski definition) is 2. The minimum atomic E-state index is -0.199. The Morgan fingerprint density at radius 1 is 0.889 bits per heavy atom. The zero-order chi connectivity index (χ0) is 13.4. The molecule has 18 heavy (non-hydrogen) atoms. The van der Waals surface area contributed by atoms with Crippen molar-refractivity contribution in [3.8, 4) is 11.5 Å². The molecule has 3 nitrogen and oxygen atoms in total. The van der Waals surface area contributed by atoms with Gasteiger partial charge in [0.05, 0.1) is 5.56 Å². The molecule has 0 bridgehead atoms. The van der Waals surface area contributed by atoms with E-state index >= 15 is 0 Å². The normalized spacial score (nSPS) is 8.89. The number of aromatic hydroxyl groups is 2. The van der Waals surface area contributed by atoms with E-state index in [0.29, 0.717) is 6.29 Å². The zero-order valence-electron chi connectivity index (χ0n) is 9.78. The molecule has 0 unspecified atom stereocenters. The van der Waals surface area contributed by atoms with Crippen molar-refractivity contribution in [2.45, 2.75) is 0 Å². The lowest BCUT2D eigenvalue weighted by Gasteiger charge is -1.97. The SMILES string of the molecule is C=Cc1ccccc1.O=Cc1c(O)cccc1O. The second-order valence-corrected chi connectivity index (χ2v) is 3.44. The fourth-order valence-corrected chi connectivity index (χ4v) is 1.25. The number of benzene rings is 2. The standard InChI is InChI=1S/C8H8.C7H6O3/c1-2-8-6-4-3-5-7-8;8-4-5-6(9)2-1-3-7(5)10/h2-7H,1H2;1-4,9-10H. The number of phenols is 2. The van der Waals surface area contributed by atoms with Crippen LogP contribution < -0.4 is 0 Å². The van der Waals surface area contributed by atoms with Gasteiger partial charge in [-0.3, -0.25) is 4.79 Å². The monoisotopic (exact) mass is 242 g/mol. The summed E-state index contributed by atoms with van der Waals surface area (Å²) in [5.41, 5.74) is 1.11. The maximum atomic E-state index is 10.1. The van der Waals surface area contributed by atoms with Crippen molar-refractivity contribution in [1.82, 2.24) is 0 Å². The molecule has 0 fully saturated rings. The van der Waals surface area contributed by atoms with E-state index < -0.39 is 0 Å². The van der Waals surface area contributed by atoms with E-state index in [9.17, 15) is 4.79 Å². The van der Waals surface area contributed by atoms with Crippen molar-refractivity contribution >= 4 is 12.4 Å². The van der Waals surface area contributed by atoms with Gasteiger partial charge in [-0.2, -0.15) is 0 Å². The molecule has 0 atom stereocenters. The molecule has 0 radical (unpaired) electrons. The lowest BCUT2D eigenvalue weighted by atomic mass is 10.2. The molecule has 0 saturated heterocycles. The fourth-order valence-electron chi connectivity index (χ4n) is 1.25. The first-order valence-electron chi connectivity index (χ1n) is 5.32. The molecule has 2 rings (SSSR count). The van der Waals surface area contributed by atoms with Crippen LogP contribution in [0.15, 0.2) is 55.1 Å². The molecule has 2 N–H and O–H groups in total. The Balaban J connectivity index is 0.000000184. The molecular formula is C15H14O3. The van der Waals surface area contributed by atoms with Crippen LogP contribution in [0.3, 0.4) is 0 Å². The smallest absolute Gasteiger partial charge is 0.157 e. The molecule has 0 spiro atoms. The lowest BCUT2D eigenvalue weighted by Crippen LogP contribution is -1.80.